The number of carbonyl (C=O) groups excluding carboxylic acids is 3. The molecule has 0 heterocycles. The molecule has 1 amide bonds. The third kappa shape index (κ3) is 2.93. The quantitative estimate of drug-likeness (QED) is 0.232. The van der Waals surface area contributed by atoms with Crippen LogP contribution in [0, 0.1) is 11.8 Å². The van der Waals surface area contributed by atoms with E-state index in [2.05, 4.69) is 0 Å². The Balaban J connectivity index is 0.00000324. The number of nitrogens with zero attached hydrogens (tertiary/aromatic N) is 1. The minimum absolute atomic E-state index is 0. The van der Waals surface area contributed by atoms with Crippen LogP contribution < -0.4 is 5.73 Å². The lowest BCUT2D eigenvalue weighted by molar-refractivity contribution is -0.181. The van der Waals surface area contributed by atoms with Crippen molar-refractivity contribution in [2.24, 2.45) is 17.6 Å². The second-order valence-electron chi connectivity index (χ2n) is 9.06. The van der Waals surface area contributed by atoms with Gasteiger partial charge in [0.2, 0.25) is 5.78 Å². The van der Waals surface area contributed by atoms with Gasteiger partial charge in [-0.1, -0.05) is 12.1 Å². The molecule has 1 aromatic carbocycles. The highest BCUT2D eigenvalue weighted by Gasteiger charge is 2.70. The van der Waals surface area contributed by atoms with E-state index in [0.29, 0.717) is 0 Å². The van der Waals surface area contributed by atoms with Crippen LogP contribution in [-0.2, 0) is 20.0 Å². The molecule has 0 bridgehead atoms. The van der Waals surface area contributed by atoms with Crippen LogP contribution in [0.3, 0.4) is 0 Å². The van der Waals surface area contributed by atoms with Gasteiger partial charge in [0.15, 0.2) is 11.4 Å². The molecule has 3 aliphatic carbocycles. The van der Waals surface area contributed by atoms with Crippen LogP contribution in [0.4, 0.5) is 0 Å². The number of hydrogen-bond donors (Lipinski definition) is 7. The van der Waals surface area contributed by atoms with Crippen molar-refractivity contribution < 1.29 is 45.0 Å². The van der Waals surface area contributed by atoms with Gasteiger partial charge in [-0.2, -0.15) is 0 Å². The van der Waals surface area contributed by atoms with Gasteiger partial charge in [-0.15, -0.1) is 17.0 Å². The molecular formula is C22H25BrN2O9. The third-order valence-corrected chi connectivity index (χ3v) is 7.03. The highest BCUT2D eigenvalue weighted by molar-refractivity contribution is 8.93. The first-order chi connectivity index (χ1) is 15.2. The molecular weight excluding hydrogens is 516 g/mol. The number of amides is 1. The van der Waals surface area contributed by atoms with Crippen molar-refractivity contribution in [1.82, 2.24) is 4.90 Å². The van der Waals surface area contributed by atoms with Crippen molar-refractivity contribution in [3.63, 3.8) is 0 Å². The van der Waals surface area contributed by atoms with Crippen LogP contribution in [0.15, 0.2) is 35.1 Å². The maximum Gasteiger partial charge on any atom is 0.255 e. The van der Waals surface area contributed by atoms with Gasteiger partial charge in [0.25, 0.3) is 5.91 Å². The van der Waals surface area contributed by atoms with Gasteiger partial charge in [0.1, 0.15) is 22.8 Å². The van der Waals surface area contributed by atoms with E-state index in [0.717, 1.165) is 0 Å². The molecule has 12 heteroatoms. The standard InChI is InChI=1S/C22H24N2O9.BrH/c1-21(32)7-5-4-6-8(25)9(7)15(26)10-12(21)17(28)13-14(24(2)3)16(27)11(20(23)31)19(30)22(13,33)18(10)29;/h4-6,12-14,17,25-26,28,30,32-33H,1-3H3,(H2,23,31);1H/t12?,13-,14+,17+,21-,22+;/m1./s1. The molecule has 3 aliphatic rings. The predicted molar refractivity (Wildman–Crippen MR) is 122 cm³/mol. The zero-order chi connectivity index (χ0) is 24.8. The summed E-state index contributed by atoms with van der Waals surface area (Å²) in [6.07, 6.45) is -1.87. The summed E-state index contributed by atoms with van der Waals surface area (Å²) in [5.41, 5.74) is -1.78. The summed E-state index contributed by atoms with van der Waals surface area (Å²) in [7, 11) is 2.80. The monoisotopic (exact) mass is 540 g/mol. The fourth-order valence-electron chi connectivity index (χ4n) is 5.60. The highest BCUT2D eigenvalue weighted by atomic mass is 79.9. The predicted octanol–water partition coefficient (Wildman–Crippen LogP) is -0.822. The summed E-state index contributed by atoms with van der Waals surface area (Å²) in [5, 5.41) is 66.3. The summed E-state index contributed by atoms with van der Waals surface area (Å²) in [6.45, 7) is 1.25. The van der Waals surface area contributed by atoms with Crippen molar-refractivity contribution in [2.45, 2.75) is 30.3 Å². The molecule has 0 spiro atoms. The number of rotatable bonds is 2. The lowest BCUT2D eigenvalue weighted by Crippen LogP contribution is -2.71. The number of phenolic OH excluding ortho intramolecular Hbond substituents is 1. The van der Waals surface area contributed by atoms with Crippen molar-refractivity contribution in [3.05, 3.63) is 46.2 Å². The van der Waals surface area contributed by atoms with Crippen LogP contribution in [-0.4, -0.2) is 84.9 Å². The van der Waals surface area contributed by atoms with Gasteiger partial charge in [-0.25, -0.2) is 0 Å². The Kier molecular flexibility index (Phi) is 5.99. The first-order valence-corrected chi connectivity index (χ1v) is 10.1. The van der Waals surface area contributed by atoms with Gasteiger partial charge in [0.05, 0.1) is 40.7 Å². The van der Waals surface area contributed by atoms with Gasteiger partial charge in [-0.05, 0) is 32.6 Å². The summed E-state index contributed by atoms with van der Waals surface area (Å²) in [5.74, 6) is -9.67. The first-order valence-electron chi connectivity index (χ1n) is 10.1. The van der Waals surface area contributed by atoms with E-state index in [1.807, 2.05) is 0 Å². The Hall–Kier alpha value is -2.77. The van der Waals surface area contributed by atoms with Crippen molar-refractivity contribution in [3.8, 4) is 5.75 Å². The van der Waals surface area contributed by atoms with Gasteiger partial charge < -0.3 is 36.4 Å². The van der Waals surface area contributed by atoms with Crippen molar-refractivity contribution >= 4 is 40.2 Å². The van der Waals surface area contributed by atoms with Crippen LogP contribution in [0.1, 0.15) is 18.1 Å². The smallest absolute Gasteiger partial charge is 0.255 e. The minimum atomic E-state index is -3.02. The molecule has 1 saturated carbocycles. The maximum absolute atomic E-state index is 13.7. The second kappa shape index (κ2) is 7.89. The molecule has 0 radical (unpaired) electrons. The SMILES string of the molecule is Br.CN(C)[C@@H]1C(=O)C(C(N)=O)=C(O)[C@@]2(O)C(=O)C3=C(O)c4c(O)cccc4[C@@](C)(O)C3[C@H](O)[C@@H]12. The molecule has 0 aliphatic heterocycles. The Bertz CT molecular complexity index is 1190. The number of benzene rings is 1. The second-order valence-corrected chi connectivity index (χ2v) is 9.06. The van der Waals surface area contributed by atoms with Gasteiger partial charge >= 0.3 is 0 Å². The minimum Gasteiger partial charge on any atom is -0.508 e. The Labute approximate surface area is 204 Å². The molecule has 11 nitrogen and oxygen atoms in total. The van der Waals surface area contributed by atoms with Gasteiger partial charge in [0, 0.05) is 0 Å². The van der Waals surface area contributed by atoms with Crippen molar-refractivity contribution in [2.75, 3.05) is 14.1 Å². The number of aromatic hydroxyl groups is 1. The number of phenols is 1. The molecule has 0 aromatic heterocycles. The van der Waals surface area contributed by atoms with Crippen LogP contribution in [0.2, 0.25) is 0 Å². The molecule has 8 N–H and O–H groups in total. The number of aliphatic hydroxyl groups excluding tert-OH is 3. The van der Waals surface area contributed by atoms with Gasteiger partial charge in [-0.3, -0.25) is 19.3 Å². The van der Waals surface area contributed by atoms with E-state index < -0.39 is 81.1 Å². The van der Waals surface area contributed by atoms with E-state index in [4.69, 9.17) is 5.73 Å². The van der Waals surface area contributed by atoms with Crippen LogP contribution in [0.5, 0.6) is 5.75 Å². The largest absolute Gasteiger partial charge is 0.508 e. The molecule has 6 atom stereocenters. The van der Waals surface area contributed by atoms with Crippen molar-refractivity contribution in [1.29, 1.82) is 0 Å². The summed E-state index contributed by atoms with van der Waals surface area (Å²) in [6, 6.07) is 2.50. The summed E-state index contributed by atoms with van der Waals surface area (Å²) in [4.78, 5) is 39.9. The molecule has 1 unspecified atom stereocenters. The van der Waals surface area contributed by atoms with Crippen LogP contribution >= 0.6 is 17.0 Å². The Morgan fingerprint density at radius 2 is 1.71 bits per heavy atom. The summed E-state index contributed by atoms with van der Waals surface area (Å²) < 4.78 is 0. The normalized spacial score (nSPS) is 34.9. The lowest BCUT2D eigenvalue weighted by Gasteiger charge is -2.55. The average Bonchev–Trinajstić information content (AvgIpc) is 2.70. The Morgan fingerprint density at radius 3 is 2.24 bits per heavy atom. The Morgan fingerprint density at radius 1 is 1.12 bits per heavy atom. The number of fused-ring (bicyclic) bond motifs is 3. The number of likely N-dealkylation sites (N-methyl/N-ethyl adjacent to an activating group) is 1. The number of ketones is 2. The lowest BCUT2D eigenvalue weighted by atomic mass is 9.53. The van der Waals surface area contributed by atoms with E-state index in [1.165, 1.54) is 44.1 Å². The van der Waals surface area contributed by atoms with E-state index in [-0.39, 0.29) is 28.1 Å². The fourth-order valence-corrected chi connectivity index (χ4v) is 5.60. The molecule has 1 fully saturated rings. The fraction of sp³-hybridized carbons (Fsp3) is 0.409. The average molecular weight is 541 g/mol. The maximum atomic E-state index is 13.7. The van der Waals surface area contributed by atoms with E-state index in [1.54, 1.807) is 0 Å². The van der Waals surface area contributed by atoms with Crippen LogP contribution in [0.25, 0.3) is 5.76 Å². The van der Waals surface area contributed by atoms with E-state index >= 15 is 0 Å². The highest BCUT2D eigenvalue weighted by Crippen LogP contribution is 2.57. The number of Topliss-reactive ketones (excluding diaryl/α,β-unsaturated/α-hetero) is 2. The zero-order valence-electron chi connectivity index (χ0n) is 18.4. The van der Waals surface area contributed by atoms with E-state index in [9.17, 15) is 45.0 Å². The molecule has 0 saturated heterocycles. The molecule has 1 aromatic rings. The topological polar surface area (TPSA) is 202 Å². The number of primary amides is 1. The number of hydrogen-bond acceptors (Lipinski definition) is 10. The zero-order valence-corrected chi connectivity index (χ0v) is 20.1. The molecule has 34 heavy (non-hydrogen) atoms. The molecule has 4 rings (SSSR count). The third-order valence-electron chi connectivity index (χ3n) is 7.03. The summed E-state index contributed by atoms with van der Waals surface area (Å²) >= 11 is 0. The molecule has 184 valence electrons. The first kappa shape index (κ1) is 25.8. The number of carbonyl (C=O) groups is 3. The number of aliphatic hydroxyl groups is 5. The number of halogens is 1. The number of nitrogens with two attached hydrogens (primary N) is 1.